The number of carbonyl (C=O) groups is 1. The van der Waals surface area contributed by atoms with E-state index in [4.69, 9.17) is 10.5 Å². The van der Waals surface area contributed by atoms with Crippen LogP contribution < -0.4 is 10.5 Å². The molecule has 0 aliphatic heterocycles. The molecule has 0 aromatic heterocycles. The maximum absolute atomic E-state index is 11.3. The first-order chi connectivity index (χ1) is 9.88. The highest BCUT2D eigenvalue weighted by atomic mass is 79.9. The van der Waals surface area contributed by atoms with Gasteiger partial charge in [0.05, 0.1) is 0 Å². The molecule has 0 saturated carbocycles. The van der Waals surface area contributed by atoms with Crippen molar-refractivity contribution >= 4 is 27.6 Å². The number of carboxylic acid groups (broad SMARTS) is 1. The molecule has 4 nitrogen and oxygen atoms in total. The number of ether oxygens (including phenoxy) is 1. The molecule has 0 radical (unpaired) electrons. The predicted molar refractivity (Wildman–Crippen MR) is 86.1 cm³/mol. The van der Waals surface area contributed by atoms with Crippen molar-refractivity contribution in [3.8, 4) is 11.5 Å². The standard InChI is InChI=1S/C16H16BrNO3/c1-9(2)13-7-10(17)3-6-14(13)21-15-8-11(18)4-5-12(15)16(19)20/h3-9H,18H2,1-2H3,(H,19,20). The zero-order valence-corrected chi connectivity index (χ0v) is 13.3. The normalized spacial score (nSPS) is 10.7. The van der Waals surface area contributed by atoms with E-state index in [0.29, 0.717) is 11.4 Å². The van der Waals surface area contributed by atoms with Crippen molar-refractivity contribution in [2.24, 2.45) is 0 Å². The summed E-state index contributed by atoms with van der Waals surface area (Å²) in [5.41, 5.74) is 7.25. The van der Waals surface area contributed by atoms with Gasteiger partial charge in [-0.2, -0.15) is 0 Å². The number of aromatic carboxylic acids is 1. The molecule has 0 aliphatic carbocycles. The molecule has 0 heterocycles. The van der Waals surface area contributed by atoms with Crippen LogP contribution in [-0.2, 0) is 0 Å². The van der Waals surface area contributed by atoms with Gasteiger partial charge < -0.3 is 15.6 Å². The molecule has 110 valence electrons. The summed E-state index contributed by atoms with van der Waals surface area (Å²) in [5, 5.41) is 9.23. The second-order valence-corrected chi connectivity index (χ2v) is 5.92. The van der Waals surface area contributed by atoms with E-state index in [9.17, 15) is 9.90 Å². The number of carboxylic acids is 1. The van der Waals surface area contributed by atoms with Gasteiger partial charge in [0.15, 0.2) is 0 Å². The van der Waals surface area contributed by atoms with Crippen LogP contribution >= 0.6 is 15.9 Å². The minimum atomic E-state index is -1.05. The van der Waals surface area contributed by atoms with E-state index in [2.05, 4.69) is 15.9 Å². The third-order valence-electron chi connectivity index (χ3n) is 3.05. The molecule has 0 atom stereocenters. The van der Waals surface area contributed by atoms with E-state index in [1.54, 1.807) is 6.07 Å². The summed E-state index contributed by atoms with van der Waals surface area (Å²) in [5.74, 6) is 0.0630. The number of nitrogens with two attached hydrogens (primary N) is 1. The lowest BCUT2D eigenvalue weighted by Gasteiger charge is -2.15. The van der Waals surface area contributed by atoms with E-state index in [0.717, 1.165) is 10.0 Å². The van der Waals surface area contributed by atoms with Crippen LogP contribution in [0.5, 0.6) is 11.5 Å². The summed E-state index contributed by atoms with van der Waals surface area (Å²) >= 11 is 3.43. The number of benzene rings is 2. The maximum Gasteiger partial charge on any atom is 0.339 e. The van der Waals surface area contributed by atoms with E-state index in [1.165, 1.54) is 12.1 Å². The number of halogens is 1. The molecular formula is C16H16BrNO3. The number of anilines is 1. The molecule has 2 aromatic carbocycles. The Morgan fingerprint density at radius 1 is 1.19 bits per heavy atom. The van der Waals surface area contributed by atoms with E-state index >= 15 is 0 Å². The second kappa shape index (κ2) is 6.18. The summed E-state index contributed by atoms with van der Waals surface area (Å²) in [6, 6.07) is 10.1. The van der Waals surface area contributed by atoms with Gasteiger partial charge >= 0.3 is 5.97 Å². The Kier molecular flexibility index (Phi) is 4.53. The highest BCUT2D eigenvalue weighted by molar-refractivity contribution is 9.10. The monoisotopic (exact) mass is 349 g/mol. The fraction of sp³-hybridized carbons (Fsp3) is 0.188. The number of hydrogen-bond donors (Lipinski definition) is 2. The van der Waals surface area contributed by atoms with Crippen molar-refractivity contribution in [2.75, 3.05) is 5.73 Å². The van der Waals surface area contributed by atoms with Crippen LogP contribution in [0.15, 0.2) is 40.9 Å². The summed E-state index contributed by atoms with van der Waals surface area (Å²) in [6.07, 6.45) is 0. The Bertz CT molecular complexity index is 683. The molecule has 0 aliphatic rings. The highest BCUT2D eigenvalue weighted by Gasteiger charge is 2.15. The minimum Gasteiger partial charge on any atom is -0.478 e. The van der Waals surface area contributed by atoms with E-state index in [-0.39, 0.29) is 17.2 Å². The Hall–Kier alpha value is -2.01. The maximum atomic E-state index is 11.3. The van der Waals surface area contributed by atoms with Crippen molar-refractivity contribution in [2.45, 2.75) is 19.8 Å². The first kappa shape index (κ1) is 15.4. The van der Waals surface area contributed by atoms with E-state index in [1.807, 2.05) is 32.0 Å². The Labute approximate surface area is 131 Å². The van der Waals surface area contributed by atoms with E-state index < -0.39 is 5.97 Å². The average Bonchev–Trinajstić information content (AvgIpc) is 2.40. The van der Waals surface area contributed by atoms with Crippen LogP contribution in [0.4, 0.5) is 5.69 Å². The van der Waals surface area contributed by atoms with Crippen molar-refractivity contribution in [1.29, 1.82) is 0 Å². The topological polar surface area (TPSA) is 72.5 Å². The first-order valence-electron chi connectivity index (χ1n) is 6.48. The van der Waals surface area contributed by atoms with Gasteiger partial charge in [0, 0.05) is 16.2 Å². The number of rotatable bonds is 4. The summed E-state index contributed by atoms with van der Waals surface area (Å²) in [4.78, 5) is 11.3. The van der Waals surface area contributed by atoms with Gasteiger partial charge in [-0.25, -0.2) is 4.79 Å². The zero-order valence-electron chi connectivity index (χ0n) is 11.8. The Morgan fingerprint density at radius 3 is 2.52 bits per heavy atom. The number of nitrogen functional groups attached to an aromatic ring is 1. The zero-order chi connectivity index (χ0) is 15.6. The fourth-order valence-corrected chi connectivity index (χ4v) is 2.36. The van der Waals surface area contributed by atoms with Gasteiger partial charge in [-0.3, -0.25) is 0 Å². The highest BCUT2D eigenvalue weighted by Crippen LogP contribution is 2.34. The smallest absolute Gasteiger partial charge is 0.339 e. The van der Waals surface area contributed by atoms with Crippen LogP contribution in [0.25, 0.3) is 0 Å². The molecule has 2 aromatic rings. The molecule has 2 rings (SSSR count). The van der Waals surface area contributed by atoms with Gasteiger partial charge in [-0.05, 0) is 41.8 Å². The van der Waals surface area contributed by atoms with Crippen LogP contribution in [-0.4, -0.2) is 11.1 Å². The van der Waals surface area contributed by atoms with Crippen LogP contribution in [0.2, 0.25) is 0 Å². The average molecular weight is 350 g/mol. The van der Waals surface area contributed by atoms with Gasteiger partial charge in [0.1, 0.15) is 17.1 Å². The molecule has 21 heavy (non-hydrogen) atoms. The summed E-state index contributed by atoms with van der Waals surface area (Å²) in [7, 11) is 0. The molecule has 0 amide bonds. The van der Waals surface area contributed by atoms with Gasteiger partial charge in [0.2, 0.25) is 0 Å². The first-order valence-corrected chi connectivity index (χ1v) is 7.28. The van der Waals surface area contributed by atoms with Gasteiger partial charge in [-0.1, -0.05) is 29.8 Å². The lowest BCUT2D eigenvalue weighted by Crippen LogP contribution is -2.02. The summed E-state index contributed by atoms with van der Waals surface area (Å²) in [6.45, 7) is 4.10. The lowest BCUT2D eigenvalue weighted by molar-refractivity contribution is 0.0694. The van der Waals surface area contributed by atoms with Crippen molar-refractivity contribution in [1.82, 2.24) is 0 Å². The Balaban J connectivity index is 2.47. The molecular weight excluding hydrogens is 334 g/mol. The summed E-state index contributed by atoms with van der Waals surface area (Å²) < 4.78 is 6.77. The quantitative estimate of drug-likeness (QED) is 0.788. The molecule has 0 bridgehead atoms. The second-order valence-electron chi connectivity index (χ2n) is 5.00. The molecule has 0 saturated heterocycles. The molecule has 5 heteroatoms. The third kappa shape index (κ3) is 3.55. The minimum absolute atomic E-state index is 0.0850. The third-order valence-corrected chi connectivity index (χ3v) is 3.54. The van der Waals surface area contributed by atoms with Gasteiger partial charge in [-0.15, -0.1) is 0 Å². The largest absolute Gasteiger partial charge is 0.478 e. The van der Waals surface area contributed by atoms with Gasteiger partial charge in [0.25, 0.3) is 0 Å². The van der Waals surface area contributed by atoms with Crippen LogP contribution in [0, 0.1) is 0 Å². The fourth-order valence-electron chi connectivity index (χ4n) is 1.98. The predicted octanol–water partition coefficient (Wildman–Crippen LogP) is 4.65. The van der Waals surface area contributed by atoms with Crippen LogP contribution in [0.1, 0.15) is 35.7 Å². The Morgan fingerprint density at radius 2 is 1.90 bits per heavy atom. The SMILES string of the molecule is CC(C)c1cc(Br)ccc1Oc1cc(N)ccc1C(=O)O. The molecule has 0 fully saturated rings. The lowest BCUT2D eigenvalue weighted by atomic mass is 10.0. The van der Waals surface area contributed by atoms with Crippen LogP contribution in [0.3, 0.4) is 0 Å². The molecule has 0 spiro atoms. The molecule has 0 unspecified atom stereocenters. The van der Waals surface area contributed by atoms with Crippen molar-refractivity contribution in [3.63, 3.8) is 0 Å². The molecule has 3 N–H and O–H groups in total. The van der Waals surface area contributed by atoms with Crippen molar-refractivity contribution < 1.29 is 14.6 Å². The van der Waals surface area contributed by atoms with Crippen molar-refractivity contribution in [3.05, 3.63) is 52.0 Å². The number of hydrogen-bond acceptors (Lipinski definition) is 3.